The van der Waals surface area contributed by atoms with E-state index in [2.05, 4.69) is 28.5 Å². The lowest BCUT2D eigenvalue weighted by Gasteiger charge is -2.08. The molecule has 2 heterocycles. The van der Waals surface area contributed by atoms with E-state index in [0.717, 1.165) is 44.6 Å². The maximum atomic E-state index is 12.7. The molecule has 0 fully saturated rings. The van der Waals surface area contributed by atoms with Gasteiger partial charge < -0.3 is 10.1 Å². The molecule has 5 rings (SSSR count). The van der Waals surface area contributed by atoms with Crippen molar-refractivity contribution >= 4 is 34.1 Å². The number of para-hydroxylation sites is 1. The van der Waals surface area contributed by atoms with Crippen molar-refractivity contribution in [1.82, 2.24) is 4.98 Å². The first-order valence-electron chi connectivity index (χ1n) is 9.97. The fraction of sp³-hybridized carbons (Fsp3) is 0.0769. The summed E-state index contributed by atoms with van der Waals surface area (Å²) in [6, 6.07) is 24.0. The van der Waals surface area contributed by atoms with Crippen molar-refractivity contribution < 1.29 is 9.53 Å². The molecule has 0 aliphatic carbocycles. The number of ether oxygens (including phenoxy) is 1. The van der Waals surface area contributed by atoms with E-state index in [1.165, 1.54) is 0 Å². The van der Waals surface area contributed by atoms with Crippen LogP contribution in [0, 0.1) is 0 Å². The Morgan fingerprint density at radius 2 is 1.80 bits per heavy atom. The van der Waals surface area contributed by atoms with Gasteiger partial charge in [0.1, 0.15) is 5.75 Å². The molecule has 1 aliphatic heterocycles. The lowest BCUT2D eigenvalue weighted by Crippen LogP contribution is -2.03. The topological polar surface area (TPSA) is 51.2 Å². The highest BCUT2D eigenvalue weighted by Crippen LogP contribution is 2.37. The lowest BCUT2D eigenvalue weighted by atomic mass is 9.98. The number of benzene rings is 3. The molecule has 146 valence electrons. The normalized spacial score (nSPS) is 14.0. The third kappa shape index (κ3) is 3.22. The average Bonchev–Trinajstić information content (AvgIpc) is 3.09. The van der Waals surface area contributed by atoms with Crippen molar-refractivity contribution in [2.24, 2.45) is 0 Å². The van der Waals surface area contributed by atoms with Crippen LogP contribution in [0.2, 0.25) is 0 Å². The van der Waals surface area contributed by atoms with E-state index < -0.39 is 0 Å². The van der Waals surface area contributed by atoms with E-state index in [1.807, 2.05) is 67.6 Å². The smallest absolute Gasteiger partial charge is 0.256 e. The van der Waals surface area contributed by atoms with Crippen LogP contribution in [0.4, 0.5) is 5.69 Å². The molecule has 0 radical (unpaired) electrons. The number of rotatable bonds is 4. The second-order valence-corrected chi connectivity index (χ2v) is 7.15. The standard InChI is InChI=1S/C26H20N2O2/c1-2-30-25-8-4-3-6-20(25)14-22-21-12-11-19(16-24(21)28-26(22)29)18-10-9-17-7-5-13-27-23(17)15-18/h3-16H,2H2,1H3,(H,28,29)/b22-14+. The highest BCUT2D eigenvalue weighted by Gasteiger charge is 2.25. The van der Waals surface area contributed by atoms with Crippen LogP contribution in [-0.2, 0) is 4.79 Å². The Bertz CT molecular complexity index is 1310. The van der Waals surface area contributed by atoms with Gasteiger partial charge >= 0.3 is 0 Å². The summed E-state index contributed by atoms with van der Waals surface area (Å²) in [6.07, 6.45) is 3.69. The van der Waals surface area contributed by atoms with Crippen LogP contribution < -0.4 is 10.1 Å². The van der Waals surface area contributed by atoms with Crippen molar-refractivity contribution in [2.75, 3.05) is 11.9 Å². The van der Waals surface area contributed by atoms with Crippen molar-refractivity contribution in [3.63, 3.8) is 0 Å². The highest BCUT2D eigenvalue weighted by molar-refractivity contribution is 6.35. The Morgan fingerprint density at radius 1 is 0.967 bits per heavy atom. The molecule has 0 bridgehead atoms. The molecular weight excluding hydrogens is 372 g/mol. The van der Waals surface area contributed by atoms with E-state index >= 15 is 0 Å². The quantitative estimate of drug-likeness (QED) is 0.447. The first kappa shape index (κ1) is 18.1. The molecule has 1 N–H and O–H groups in total. The van der Waals surface area contributed by atoms with Gasteiger partial charge in [-0.05, 0) is 48.4 Å². The Labute approximate surface area is 174 Å². The number of hydrogen-bond donors (Lipinski definition) is 1. The Balaban J connectivity index is 1.54. The SMILES string of the molecule is CCOc1ccccc1/C=C1/C(=O)Nc2cc(-c3ccc4cccnc4c3)ccc21. The van der Waals surface area contributed by atoms with Crippen LogP contribution >= 0.6 is 0 Å². The number of carbonyl (C=O) groups excluding carboxylic acids is 1. The average molecular weight is 392 g/mol. The van der Waals surface area contributed by atoms with Gasteiger partial charge in [0, 0.05) is 34.0 Å². The minimum absolute atomic E-state index is 0.103. The van der Waals surface area contributed by atoms with Crippen molar-refractivity contribution in [2.45, 2.75) is 6.92 Å². The van der Waals surface area contributed by atoms with Crippen LogP contribution in [0.3, 0.4) is 0 Å². The minimum Gasteiger partial charge on any atom is -0.493 e. The molecule has 0 spiro atoms. The first-order chi connectivity index (χ1) is 14.7. The summed E-state index contributed by atoms with van der Waals surface area (Å²) >= 11 is 0. The summed E-state index contributed by atoms with van der Waals surface area (Å²) in [5.41, 5.74) is 6.31. The number of carbonyl (C=O) groups is 1. The van der Waals surface area contributed by atoms with Crippen molar-refractivity contribution in [1.29, 1.82) is 0 Å². The number of nitrogens with one attached hydrogen (secondary N) is 1. The van der Waals surface area contributed by atoms with E-state index in [4.69, 9.17) is 4.74 Å². The maximum Gasteiger partial charge on any atom is 0.256 e. The number of anilines is 1. The Hall–Kier alpha value is -3.92. The predicted octanol–water partition coefficient (Wildman–Crippen LogP) is 5.79. The molecule has 0 saturated heterocycles. The zero-order chi connectivity index (χ0) is 20.5. The molecule has 0 saturated carbocycles. The van der Waals surface area contributed by atoms with Gasteiger partial charge in [-0.2, -0.15) is 0 Å². The molecule has 0 atom stereocenters. The van der Waals surface area contributed by atoms with Gasteiger partial charge in [-0.25, -0.2) is 0 Å². The van der Waals surface area contributed by atoms with Gasteiger partial charge in [0.25, 0.3) is 5.91 Å². The molecule has 1 aliphatic rings. The molecule has 4 heteroatoms. The maximum absolute atomic E-state index is 12.7. The number of pyridine rings is 1. The highest BCUT2D eigenvalue weighted by atomic mass is 16.5. The van der Waals surface area contributed by atoms with Gasteiger partial charge in [-0.3, -0.25) is 9.78 Å². The summed E-state index contributed by atoms with van der Waals surface area (Å²) in [5, 5.41) is 4.11. The van der Waals surface area contributed by atoms with Gasteiger partial charge in [0.05, 0.1) is 12.1 Å². The van der Waals surface area contributed by atoms with Gasteiger partial charge in [0.2, 0.25) is 0 Å². The lowest BCUT2D eigenvalue weighted by molar-refractivity contribution is -0.110. The number of fused-ring (bicyclic) bond motifs is 2. The van der Waals surface area contributed by atoms with Gasteiger partial charge in [-0.1, -0.05) is 48.5 Å². The summed E-state index contributed by atoms with van der Waals surface area (Å²) in [5.74, 6) is 0.669. The Morgan fingerprint density at radius 3 is 2.70 bits per heavy atom. The monoisotopic (exact) mass is 392 g/mol. The molecule has 30 heavy (non-hydrogen) atoms. The second kappa shape index (κ2) is 7.48. The van der Waals surface area contributed by atoms with Crippen LogP contribution in [0.1, 0.15) is 18.1 Å². The molecule has 4 nitrogen and oxygen atoms in total. The second-order valence-electron chi connectivity index (χ2n) is 7.15. The molecule has 1 aromatic heterocycles. The fourth-order valence-corrected chi connectivity index (χ4v) is 3.81. The minimum atomic E-state index is -0.103. The molecule has 0 unspecified atom stereocenters. The van der Waals surface area contributed by atoms with Gasteiger partial charge in [-0.15, -0.1) is 0 Å². The summed E-state index contributed by atoms with van der Waals surface area (Å²) in [4.78, 5) is 17.1. The number of nitrogens with zero attached hydrogens (tertiary/aromatic N) is 1. The van der Waals surface area contributed by atoms with Crippen LogP contribution in [0.15, 0.2) is 79.0 Å². The molecule has 1 amide bonds. The van der Waals surface area contributed by atoms with Crippen molar-refractivity contribution in [3.05, 3.63) is 90.1 Å². The third-order valence-corrected chi connectivity index (χ3v) is 5.26. The molecular formula is C26H20N2O2. The first-order valence-corrected chi connectivity index (χ1v) is 9.97. The van der Waals surface area contributed by atoms with Crippen molar-refractivity contribution in [3.8, 4) is 16.9 Å². The van der Waals surface area contributed by atoms with E-state index in [0.29, 0.717) is 12.2 Å². The van der Waals surface area contributed by atoms with E-state index in [1.54, 1.807) is 6.20 Å². The van der Waals surface area contributed by atoms with Crippen LogP contribution in [-0.4, -0.2) is 17.5 Å². The van der Waals surface area contributed by atoms with E-state index in [-0.39, 0.29) is 5.91 Å². The summed E-state index contributed by atoms with van der Waals surface area (Å²) in [7, 11) is 0. The molecule has 4 aromatic rings. The number of amides is 1. The zero-order valence-electron chi connectivity index (χ0n) is 16.6. The summed E-state index contributed by atoms with van der Waals surface area (Å²) in [6.45, 7) is 2.53. The van der Waals surface area contributed by atoms with Crippen LogP contribution in [0.5, 0.6) is 5.75 Å². The fourth-order valence-electron chi connectivity index (χ4n) is 3.81. The van der Waals surface area contributed by atoms with E-state index in [9.17, 15) is 4.79 Å². The predicted molar refractivity (Wildman–Crippen MR) is 121 cm³/mol. The van der Waals surface area contributed by atoms with Crippen LogP contribution in [0.25, 0.3) is 33.7 Å². The molecule has 3 aromatic carbocycles. The van der Waals surface area contributed by atoms with Gasteiger partial charge in [0.15, 0.2) is 0 Å². The Kier molecular flexibility index (Phi) is 4.52. The number of aromatic nitrogens is 1. The number of hydrogen-bond acceptors (Lipinski definition) is 3. The summed E-state index contributed by atoms with van der Waals surface area (Å²) < 4.78 is 5.70. The zero-order valence-corrected chi connectivity index (χ0v) is 16.6. The third-order valence-electron chi connectivity index (χ3n) is 5.26. The largest absolute Gasteiger partial charge is 0.493 e.